The fourth-order valence-corrected chi connectivity index (χ4v) is 4.14. The normalized spacial score (nSPS) is 21.3. The number of rotatable bonds is 1. The van der Waals surface area contributed by atoms with Crippen molar-refractivity contribution >= 4 is 21.1 Å². The van der Waals surface area contributed by atoms with Crippen molar-refractivity contribution in [1.82, 2.24) is 0 Å². The van der Waals surface area contributed by atoms with E-state index in [0.29, 0.717) is 11.1 Å². The molecule has 0 atom stereocenters. The highest BCUT2D eigenvalue weighted by molar-refractivity contribution is 6.42. The van der Waals surface area contributed by atoms with Gasteiger partial charge in [0.2, 0.25) is 0 Å². The zero-order valence-electron chi connectivity index (χ0n) is 9.96. The standard InChI is InChI=1S/C12H19FN2Si/c1-12(2)5-6-15(16-8-12)11-4-3-9(14)7-10(11)13/h3-4,7H,5-6,8,14,16H2,1-2H3. The van der Waals surface area contributed by atoms with Crippen LogP contribution in [0.4, 0.5) is 15.8 Å². The summed E-state index contributed by atoms with van der Waals surface area (Å²) in [5.74, 6) is -0.174. The zero-order chi connectivity index (χ0) is 11.8. The highest BCUT2D eigenvalue weighted by Gasteiger charge is 2.26. The molecule has 1 fully saturated rings. The number of halogens is 1. The molecule has 1 saturated heterocycles. The highest BCUT2D eigenvalue weighted by Crippen LogP contribution is 2.33. The molecule has 0 amide bonds. The van der Waals surface area contributed by atoms with Gasteiger partial charge in [-0.05, 0) is 36.1 Å². The predicted octanol–water partition coefficient (Wildman–Crippen LogP) is 2.15. The summed E-state index contributed by atoms with van der Waals surface area (Å²) in [5, 5.41) is 0. The first kappa shape index (κ1) is 11.5. The maximum absolute atomic E-state index is 13.7. The Morgan fingerprint density at radius 3 is 2.75 bits per heavy atom. The van der Waals surface area contributed by atoms with Crippen LogP contribution in [-0.2, 0) is 0 Å². The van der Waals surface area contributed by atoms with E-state index < -0.39 is 0 Å². The zero-order valence-corrected chi connectivity index (χ0v) is 11.4. The summed E-state index contributed by atoms with van der Waals surface area (Å²) in [6, 6.07) is 6.27. The molecule has 2 rings (SSSR count). The van der Waals surface area contributed by atoms with E-state index in [2.05, 4.69) is 18.4 Å². The van der Waals surface area contributed by atoms with Gasteiger partial charge in [-0.15, -0.1) is 0 Å². The molecule has 2 nitrogen and oxygen atoms in total. The molecule has 1 aromatic rings. The summed E-state index contributed by atoms with van der Waals surface area (Å²) in [6.45, 7) is 5.59. The molecule has 0 bridgehead atoms. The van der Waals surface area contributed by atoms with Crippen LogP contribution in [0.1, 0.15) is 20.3 Å². The van der Waals surface area contributed by atoms with Crippen molar-refractivity contribution in [2.24, 2.45) is 5.41 Å². The van der Waals surface area contributed by atoms with Gasteiger partial charge < -0.3 is 10.3 Å². The fraction of sp³-hybridized carbons (Fsp3) is 0.500. The molecule has 1 heterocycles. The SMILES string of the molecule is CC1(C)CCN(c2ccc(N)cc2F)[SiH2]C1. The van der Waals surface area contributed by atoms with E-state index in [4.69, 9.17) is 5.73 Å². The minimum absolute atomic E-state index is 0.174. The molecule has 0 aliphatic carbocycles. The van der Waals surface area contributed by atoms with Crippen molar-refractivity contribution < 1.29 is 4.39 Å². The Morgan fingerprint density at radius 2 is 2.19 bits per heavy atom. The summed E-state index contributed by atoms with van der Waals surface area (Å²) in [6.07, 6.45) is 1.14. The summed E-state index contributed by atoms with van der Waals surface area (Å²) >= 11 is 0. The molecular weight excluding hydrogens is 219 g/mol. The molecule has 88 valence electrons. The molecule has 4 heteroatoms. The molecular formula is C12H19FN2Si. The molecule has 0 aromatic heterocycles. The molecule has 0 spiro atoms. The van der Waals surface area contributed by atoms with E-state index in [9.17, 15) is 4.39 Å². The van der Waals surface area contributed by atoms with E-state index in [-0.39, 0.29) is 15.5 Å². The van der Waals surface area contributed by atoms with Crippen LogP contribution in [0.3, 0.4) is 0 Å². The monoisotopic (exact) mass is 238 g/mol. The third-order valence-corrected chi connectivity index (χ3v) is 6.20. The first-order valence-electron chi connectivity index (χ1n) is 5.78. The minimum Gasteiger partial charge on any atom is -0.401 e. The quantitative estimate of drug-likeness (QED) is 0.600. The van der Waals surface area contributed by atoms with Gasteiger partial charge in [0.25, 0.3) is 0 Å². The third kappa shape index (κ3) is 2.37. The smallest absolute Gasteiger partial charge is 0.147 e. The molecule has 2 N–H and O–H groups in total. The number of nitrogens with zero attached hydrogens (tertiary/aromatic N) is 1. The van der Waals surface area contributed by atoms with Crippen molar-refractivity contribution in [2.75, 3.05) is 16.8 Å². The molecule has 0 saturated carbocycles. The minimum atomic E-state index is -0.361. The Bertz CT molecular complexity index is 383. The Balaban J connectivity index is 2.14. The average molecular weight is 238 g/mol. The number of nitrogen functional groups attached to an aromatic ring is 1. The molecule has 16 heavy (non-hydrogen) atoms. The van der Waals surface area contributed by atoms with Crippen LogP contribution in [0.15, 0.2) is 18.2 Å². The largest absolute Gasteiger partial charge is 0.401 e. The van der Waals surface area contributed by atoms with Crippen molar-refractivity contribution in [3.8, 4) is 0 Å². The van der Waals surface area contributed by atoms with Crippen LogP contribution in [0.25, 0.3) is 0 Å². The van der Waals surface area contributed by atoms with Gasteiger partial charge in [0.15, 0.2) is 0 Å². The Kier molecular flexibility index (Phi) is 2.93. The van der Waals surface area contributed by atoms with Gasteiger partial charge in [-0.25, -0.2) is 4.39 Å². The van der Waals surface area contributed by atoms with Gasteiger partial charge in [0.05, 0.1) is 5.69 Å². The predicted molar refractivity (Wildman–Crippen MR) is 69.9 cm³/mol. The Labute approximate surface area is 98.5 Å². The topological polar surface area (TPSA) is 29.3 Å². The van der Waals surface area contributed by atoms with Crippen LogP contribution in [0.2, 0.25) is 6.04 Å². The summed E-state index contributed by atoms with van der Waals surface area (Å²) < 4.78 is 16.0. The van der Waals surface area contributed by atoms with Crippen molar-refractivity contribution in [3.05, 3.63) is 24.0 Å². The van der Waals surface area contributed by atoms with Gasteiger partial charge in [-0.1, -0.05) is 13.8 Å². The van der Waals surface area contributed by atoms with Crippen molar-refractivity contribution in [2.45, 2.75) is 26.3 Å². The lowest BCUT2D eigenvalue weighted by Crippen LogP contribution is -2.39. The fourth-order valence-electron chi connectivity index (χ4n) is 2.13. The summed E-state index contributed by atoms with van der Waals surface area (Å²) in [4.78, 5) is 0. The Morgan fingerprint density at radius 1 is 1.44 bits per heavy atom. The van der Waals surface area contributed by atoms with Gasteiger partial charge in [0.1, 0.15) is 15.5 Å². The average Bonchev–Trinajstić information content (AvgIpc) is 2.19. The van der Waals surface area contributed by atoms with E-state index in [0.717, 1.165) is 18.7 Å². The van der Waals surface area contributed by atoms with Crippen molar-refractivity contribution in [1.29, 1.82) is 0 Å². The lowest BCUT2D eigenvalue weighted by molar-refractivity contribution is 0.369. The molecule has 0 radical (unpaired) electrons. The number of nitrogens with two attached hydrogens (primary N) is 1. The molecule has 1 aliphatic heterocycles. The lowest BCUT2D eigenvalue weighted by Gasteiger charge is -2.38. The summed E-state index contributed by atoms with van der Waals surface area (Å²) in [7, 11) is -0.361. The second kappa shape index (κ2) is 4.09. The molecule has 1 aliphatic rings. The van der Waals surface area contributed by atoms with E-state index in [1.54, 1.807) is 6.07 Å². The third-order valence-electron chi connectivity index (χ3n) is 3.43. The van der Waals surface area contributed by atoms with Gasteiger partial charge >= 0.3 is 0 Å². The number of anilines is 2. The second-order valence-corrected chi connectivity index (χ2v) is 7.07. The van der Waals surface area contributed by atoms with E-state index in [1.807, 2.05) is 6.07 Å². The first-order valence-corrected chi connectivity index (χ1v) is 7.41. The van der Waals surface area contributed by atoms with Crippen molar-refractivity contribution in [3.63, 3.8) is 0 Å². The number of hydrogen-bond acceptors (Lipinski definition) is 2. The van der Waals surface area contributed by atoms with E-state index >= 15 is 0 Å². The second-order valence-electron chi connectivity index (χ2n) is 5.36. The van der Waals surface area contributed by atoms with E-state index in [1.165, 1.54) is 12.1 Å². The van der Waals surface area contributed by atoms with Crippen LogP contribution in [-0.4, -0.2) is 16.2 Å². The lowest BCUT2D eigenvalue weighted by atomic mass is 9.91. The highest BCUT2D eigenvalue weighted by atomic mass is 28.2. The van der Waals surface area contributed by atoms with Gasteiger partial charge in [-0.2, -0.15) is 0 Å². The number of benzene rings is 1. The molecule has 1 aromatic carbocycles. The van der Waals surface area contributed by atoms with Crippen LogP contribution >= 0.6 is 0 Å². The maximum atomic E-state index is 13.7. The van der Waals surface area contributed by atoms with Crippen LogP contribution in [0, 0.1) is 11.2 Å². The van der Waals surface area contributed by atoms with Crippen LogP contribution < -0.4 is 10.3 Å². The Hall–Kier alpha value is -1.03. The summed E-state index contributed by atoms with van der Waals surface area (Å²) in [5.41, 5.74) is 7.25. The number of hydrogen-bond donors (Lipinski definition) is 1. The molecule has 0 unspecified atom stereocenters. The van der Waals surface area contributed by atoms with Gasteiger partial charge in [0, 0.05) is 12.2 Å². The maximum Gasteiger partial charge on any atom is 0.147 e. The van der Waals surface area contributed by atoms with Gasteiger partial charge in [-0.3, -0.25) is 0 Å². The first-order chi connectivity index (χ1) is 7.48. The van der Waals surface area contributed by atoms with Crippen LogP contribution in [0.5, 0.6) is 0 Å².